The van der Waals surface area contributed by atoms with E-state index >= 15 is 0 Å². The van der Waals surface area contributed by atoms with E-state index in [1.807, 2.05) is 13.0 Å². The minimum Gasteiger partial charge on any atom is -0.388 e. The van der Waals surface area contributed by atoms with Gasteiger partial charge in [0, 0.05) is 12.0 Å². The Hall–Kier alpha value is -2.21. The smallest absolute Gasteiger partial charge is 0.251 e. The van der Waals surface area contributed by atoms with Crippen molar-refractivity contribution in [3.8, 4) is 0 Å². The van der Waals surface area contributed by atoms with Gasteiger partial charge < -0.3 is 10.4 Å². The van der Waals surface area contributed by atoms with Crippen LogP contribution in [-0.2, 0) is 14.4 Å². The summed E-state index contributed by atoms with van der Waals surface area (Å²) in [6.07, 6.45) is 5.76. The van der Waals surface area contributed by atoms with Crippen LogP contribution in [0.4, 0.5) is 0 Å². The number of rotatable bonds is 7. The third-order valence-electron chi connectivity index (χ3n) is 3.62. The van der Waals surface area contributed by atoms with E-state index in [0.29, 0.717) is 17.6 Å². The van der Waals surface area contributed by atoms with Gasteiger partial charge in [-0.15, -0.1) is 6.58 Å². The molecule has 23 heavy (non-hydrogen) atoms. The van der Waals surface area contributed by atoms with Crippen LogP contribution in [-0.4, -0.2) is 35.0 Å². The maximum Gasteiger partial charge on any atom is 0.251 e. The monoisotopic (exact) mass is 320 g/mol. The number of carbonyl (C=O) groups excluding carboxylic acids is 3. The Morgan fingerprint density at radius 2 is 2.22 bits per heavy atom. The molecule has 2 atom stereocenters. The van der Waals surface area contributed by atoms with Crippen LogP contribution < -0.4 is 10.6 Å². The number of amides is 3. The molecule has 0 spiro atoms. The molecule has 0 aliphatic carbocycles. The van der Waals surface area contributed by atoms with Crippen molar-refractivity contribution >= 4 is 17.7 Å². The summed E-state index contributed by atoms with van der Waals surface area (Å²) < 4.78 is 0. The van der Waals surface area contributed by atoms with Crippen LogP contribution >= 0.6 is 0 Å². The maximum atomic E-state index is 12.5. The number of hydrogen-bond acceptors (Lipinski definition) is 4. The Kier molecular flexibility index (Phi) is 7.41. The number of nitrogens with one attached hydrogen (secondary N) is 2. The molecular formula is C17H24N2O4. The quantitative estimate of drug-likeness (QED) is 0.283. The van der Waals surface area contributed by atoms with E-state index in [1.54, 1.807) is 19.1 Å². The molecule has 0 saturated carbocycles. The maximum absolute atomic E-state index is 12.5. The second-order valence-electron chi connectivity index (χ2n) is 5.42. The highest BCUT2D eigenvalue weighted by Crippen LogP contribution is 2.15. The molecule has 0 aromatic heterocycles. The highest BCUT2D eigenvalue weighted by molar-refractivity contribution is 6.04. The van der Waals surface area contributed by atoms with E-state index in [2.05, 4.69) is 17.2 Å². The van der Waals surface area contributed by atoms with Gasteiger partial charge in [0.1, 0.15) is 6.04 Å². The zero-order chi connectivity index (χ0) is 17.4. The lowest BCUT2D eigenvalue weighted by Crippen LogP contribution is -2.52. The van der Waals surface area contributed by atoms with Crippen LogP contribution in [0, 0.1) is 0 Å². The van der Waals surface area contributed by atoms with E-state index in [9.17, 15) is 19.5 Å². The van der Waals surface area contributed by atoms with Gasteiger partial charge in [-0.1, -0.05) is 25.2 Å². The van der Waals surface area contributed by atoms with Crippen molar-refractivity contribution in [2.75, 3.05) is 0 Å². The van der Waals surface area contributed by atoms with Gasteiger partial charge in [-0.3, -0.25) is 19.7 Å². The first-order valence-electron chi connectivity index (χ1n) is 7.71. The van der Waals surface area contributed by atoms with Crippen molar-refractivity contribution in [2.45, 2.75) is 51.7 Å². The van der Waals surface area contributed by atoms with Gasteiger partial charge in [0.25, 0.3) is 5.91 Å². The molecule has 1 rings (SSSR count). The second-order valence-corrected chi connectivity index (χ2v) is 5.42. The summed E-state index contributed by atoms with van der Waals surface area (Å²) in [5.74, 6) is -1.28. The Bertz CT molecular complexity index is 549. The molecule has 0 aromatic rings. The summed E-state index contributed by atoms with van der Waals surface area (Å²) >= 11 is 0. The number of carbonyl (C=O) groups is 3. The topological polar surface area (TPSA) is 95.5 Å². The lowest BCUT2D eigenvalue weighted by Gasteiger charge is -2.23. The molecule has 3 N–H and O–H groups in total. The molecule has 0 bridgehead atoms. The first-order valence-corrected chi connectivity index (χ1v) is 7.71. The van der Waals surface area contributed by atoms with Crippen LogP contribution in [0.3, 0.4) is 0 Å². The zero-order valence-electron chi connectivity index (χ0n) is 13.6. The lowest BCUT2D eigenvalue weighted by molar-refractivity contribution is -0.136. The van der Waals surface area contributed by atoms with Gasteiger partial charge in [0.2, 0.25) is 11.8 Å². The molecule has 6 nitrogen and oxygen atoms in total. The molecule has 1 saturated heterocycles. The van der Waals surface area contributed by atoms with Gasteiger partial charge in [-0.05, 0) is 31.8 Å². The van der Waals surface area contributed by atoms with Crippen molar-refractivity contribution in [1.82, 2.24) is 10.6 Å². The minimum absolute atomic E-state index is 0.193. The predicted octanol–water partition coefficient (Wildman–Crippen LogP) is 1.13. The van der Waals surface area contributed by atoms with Crippen LogP contribution in [0.1, 0.15) is 39.5 Å². The van der Waals surface area contributed by atoms with Crippen LogP contribution in [0.25, 0.3) is 0 Å². The first-order chi connectivity index (χ1) is 10.9. The summed E-state index contributed by atoms with van der Waals surface area (Å²) in [6.45, 7) is 7.18. The average Bonchev–Trinajstić information content (AvgIpc) is 2.50. The molecule has 3 amide bonds. The molecular weight excluding hydrogens is 296 g/mol. The summed E-state index contributed by atoms with van der Waals surface area (Å²) in [4.78, 5) is 35.4. The van der Waals surface area contributed by atoms with Crippen LogP contribution in [0.2, 0.25) is 0 Å². The van der Waals surface area contributed by atoms with Gasteiger partial charge in [-0.2, -0.15) is 0 Å². The molecule has 1 aliphatic rings. The summed E-state index contributed by atoms with van der Waals surface area (Å²) in [5.41, 5.74) is 0.838. The van der Waals surface area contributed by atoms with Gasteiger partial charge in [0.05, 0.1) is 6.10 Å². The summed E-state index contributed by atoms with van der Waals surface area (Å²) in [6, 6.07) is -0.741. The third kappa shape index (κ3) is 5.49. The minimum atomic E-state index is -0.809. The SMILES string of the molecule is C=CC[C@@H](O)/C(C)=C(\C=C/CC)C(=O)NC1CCC(=O)NC1=O. The van der Waals surface area contributed by atoms with Crippen molar-refractivity contribution in [3.05, 3.63) is 36.0 Å². The van der Waals surface area contributed by atoms with Gasteiger partial charge in [-0.25, -0.2) is 0 Å². The highest BCUT2D eigenvalue weighted by Gasteiger charge is 2.28. The molecule has 126 valence electrons. The number of aliphatic hydroxyl groups is 1. The van der Waals surface area contributed by atoms with Crippen molar-refractivity contribution in [3.63, 3.8) is 0 Å². The Balaban J connectivity index is 2.94. The molecule has 1 unspecified atom stereocenters. The zero-order valence-corrected chi connectivity index (χ0v) is 13.6. The predicted molar refractivity (Wildman–Crippen MR) is 87.3 cm³/mol. The fourth-order valence-corrected chi connectivity index (χ4v) is 2.20. The number of aliphatic hydroxyl groups excluding tert-OH is 1. The Morgan fingerprint density at radius 1 is 1.52 bits per heavy atom. The van der Waals surface area contributed by atoms with E-state index in [4.69, 9.17) is 0 Å². The number of imide groups is 1. The van der Waals surface area contributed by atoms with Crippen LogP contribution in [0.15, 0.2) is 36.0 Å². The van der Waals surface area contributed by atoms with Crippen LogP contribution in [0.5, 0.6) is 0 Å². The summed E-state index contributed by atoms with van der Waals surface area (Å²) in [7, 11) is 0. The van der Waals surface area contributed by atoms with Crippen molar-refractivity contribution in [1.29, 1.82) is 0 Å². The van der Waals surface area contributed by atoms with Gasteiger partial charge >= 0.3 is 0 Å². The summed E-state index contributed by atoms with van der Waals surface area (Å²) in [5, 5.41) is 14.9. The van der Waals surface area contributed by atoms with Gasteiger partial charge in [0.15, 0.2) is 0 Å². The highest BCUT2D eigenvalue weighted by atomic mass is 16.3. The molecule has 0 aromatic carbocycles. The lowest BCUT2D eigenvalue weighted by atomic mass is 9.99. The molecule has 1 heterocycles. The number of hydrogen-bond donors (Lipinski definition) is 3. The van der Waals surface area contributed by atoms with Crippen molar-refractivity contribution in [2.24, 2.45) is 0 Å². The standard InChI is InChI=1S/C17H24N2O4/c1-4-6-8-12(11(3)14(20)7-5-2)16(22)18-13-9-10-15(21)19-17(13)23/h5-6,8,13-14,20H,2,4,7,9-10H2,1,3H3,(H,18,22)(H,19,21,23)/b8-6-,12-11+/t13?,14-/m1/s1. The van der Waals surface area contributed by atoms with E-state index in [1.165, 1.54) is 0 Å². The molecule has 1 fully saturated rings. The molecule has 1 aliphatic heterocycles. The number of allylic oxidation sites excluding steroid dienone is 1. The van der Waals surface area contributed by atoms with E-state index in [0.717, 1.165) is 6.42 Å². The number of piperidine rings is 1. The Morgan fingerprint density at radius 3 is 2.78 bits per heavy atom. The largest absolute Gasteiger partial charge is 0.388 e. The third-order valence-corrected chi connectivity index (χ3v) is 3.62. The second kappa shape index (κ2) is 9.05. The first kappa shape index (κ1) is 18.8. The van der Waals surface area contributed by atoms with E-state index in [-0.39, 0.29) is 18.7 Å². The Labute approximate surface area is 136 Å². The fourth-order valence-electron chi connectivity index (χ4n) is 2.20. The normalized spacial score (nSPS) is 20.7. The van der Waals surface area contributed by atoms with E-state index < -0.39 is 24.0 Å². The molecule has 6 heteroatoms. The average molecular weight is 320 g/mol. The molecule has 0 radical (unpaired) electrons. The fraction of sp³-hybridized carbons (Fsp3) is 0.471. The van der Waals surface area contributed by atoms with Crippen molar-refractivity contribution < 1.29 is 19.5 Å².